The van der Waals surface area contributed by atoms with Crippen molar-refractivity contribution in [3.63, 3.8) is 0 Å². The number of hydrogen-bond acceptors (Lipinski definition) is 3. The number of nitrogens with two attached hydrogens (primary N) is 1. The highest BCUT2D eigenvalue weighted by molar-refractivity contribution is 7.90. The number of anilines is 2. The van der Waals surface area contributed by atoms with E-state index in [1.807, 2.05) is 6.92 Å². The van der Waals surface area contributed by atoms with Gasteiger partial charge in [-0.1, -0.05) is 13.8 Å². The zero-order valence-corrected chi connectivity index (χ0v) is 13.6. The molecule has 0 radical (unpaired) electrons. The Bertz CT molecular complexity index is 549. The van der Waals surface area contributed by atoms with E-state index in [1.54, 1.807) is 28.6 Å². The fraction of sp³-hybridized carbons (Fsp3) is 0.600. The zero-order valence-electron chi connectivity index (χ0n) is 12.8. The smallest absolute Gasteiger partial charge is 0.304 e. The molecule has 0 atom stereocenters. The summed E-state index contributed by atoms with van der Waals surface area (Å²) in [5.74, 6) is 0.604. The van der Waals surface area contributed by atoms with Gasteiger partial charge in [-0.3, -0.25) is 4.31 Å². The molecular formula is C15H25N3O2S. The van der Waals surface area contributed by atoms with Crippen molar-refractivity contribution in [1.82, 2.24) is 4.31 Å². The first kappa shape index (κ1) is 16.1. The maximum atomic E-state index is 12.9. The van der Waals surface area contributed by atoms with E-state index in [9.17, 15) is 8.42 Å². The Morgan fingerprint density at radius 3 is 2.33 bits per heavy atom. The molecule has 0 unspecified atom stereocenters. The zero-order chi connectivity index (χ0) is 15.5. The molecule has 0 spiro atoms. The summed E-state index contributed by atoms with van der Waals surface area (Å²) in [6.45, 7) is 5.86. The van der Waals surface area contributed by atoms with Gasteiger partial charge >= 0.3 is 10.2 Å². The van der Waals surface area contributed by atoms with Gasteiger partial charge < -0.3 is 5.73 Å². The predicted molar refractivity (Wildman–Crippen MR) is 87.4 cm³/mol. The lowest BCUT2D eigenvalue weighted by Crippen LogP contribution is -2.47. The van der Waals surface area contributed by atoms with Crippen molar-refractivity contribution in [1.29, 1.82) is 0 Å². The molecule has 0 aliphatic carbocycles. The molecular weight excluding hydrogens is 286 g/mol. The van der Waals surface area contributed by atoms with Gasteiger partial charge in [-0.15, -0.1) is 0 Å². The predicted octanol–water partition coefficient (Wildman–Crippen LogP) is 2.46. The second-order valence-electron chi connectivity index (χ2n) is 5.75. The minimum atomic E-state index is -3.45. The summed E-state index contributed by atoms with van der Waals surface area (Å²) in [4.78, 5) is 0. The summed E-state index contributed by atoms with van der Waals surface area (Å²) in [5.41, 5.74) is 7.01. The number of nitrogens with zero attached hydrogens (tertiary/aromatic N) is 2. The standard InChI is InChI=1S/C15H25N3O2S/c1-3-10-18(15-6-4-14(16)5-7-15)21(19,20)17-11-8-13(2)9-12-17/h4-7,13H,3,8-12,16H2,1-2H3. The highest BCUT2D eigenvalue weighted by atomic mass is 32.2. The van der Waals surface area contributed by atoms with Gasteiger partial charge in [0.2, 0.25) is 0 Å². The fourth-order valence-corrected chi connectivity index (χ4v) is 4.33. The van der Waals surface area contributed by atoms with E-state index in [0.29, 0.717) is 36.9 Å². The van der Waals surface area contributed by atoms with Crippen molar-refractivity contribution >= 4 is 21.6 Å². The first-order chi connectivity index (χ1) is 9.95. The topological polar surface area (TPSA) is 66.6 Å². The van der Waals surface area contributed by atoms with E-state index >= 15 is 0 Å². The fourth-order valence-electron chi connectivity index (χ4n) is 2.58. The Morgan fingerprint density at radius 1 is 1.24 bits per heavy atom. The molecule has 1 aromatic rings. The average molecular weight is 311 g/mol. The number of benzene rings is 1. The average Bonchev–Trinajstić information content (AvgIpc) is 2.46. The van der Waals surface area contributed by atoms with Crippen LogP contribution in [0.15, 0.2) is 24.3 Å². The Morgan fingerprint density at radius 2 is 1.81 bits per heavy atom. The van der Waals surface area contributed by atoms with Crippen LogP contribution >= 0.6 is 0 Å². The van der Waals surface area contributed by atoms with Crippen molar-refractivity contribution in [2.75, 3.05) is 29.7 Å². The lowest BCUT2D eigenvalue weighted by molar-refractivity contribution is 0.287. The molecule has 21 heavy (non-hydrogen) atoms. The first-order valence-electron chi connectivity index (χ1n) is 7.58. The van der Waals surface area contributed by atoms with Gasteiger partial charge in [0.1, 0.15) is 0 Å². The van der Waals surface area contributed by atoms with E-state index in [0.717, 1.165) is 19.3 Å². The minimum Gasteiger partial charge on any atom is -0.399 e. The maximum Gasteiger partial charge on any atom is 0.304 e. The number of hydrogen-bond donors (Lipinski definition) is 1. The first-order valence-corrected chi connectivity index (χ1v) is 8.98. The van der Waals surface area contributed by atoms with Crippen molar-refractivity contribution in [2.45, 2.75) is 33.1 Å². The third kappa shape index (κ3) is 3.68. The van der Waals surface area contributed by atoms with Crippen LogP contribution in [0.1, 0.15) is 33.1 Å². The minimum absolute atomic E-state index is 0.484. The van der Waals surface area contributed by atoms with Crippen molar-refractivity contribution in [2.24, 2.45) is 5.92 Å². The van der Waals surface area contributed by atoms with Crippen LogP contribution in [-0.4, -0.2) is 32.4 Å². The summed E-state index contributed by atoms with van der Waals surface area (Å²) < 4.78 is 28.9. The van der Waals surface area contributed by atoms with Crippen LogP contribution in [-0.2, 0) is 10.2 Å². The quantitative estimate of drug-likeness (QED) is 0.849. The maximum absolute atomic E-state index is 12.9. The van der Waals surface area contributed by atoms with E-state index in [2.05, 4.69) is 6.92 Å². The molecule has 5 nitrogen and oxygen atoms in total. The van der Waals surface area contributed by atoms with Crippen LogP contribution in [0.25, 0.3) is 0 Å². The van der Waals surface area contributed by atoms with E-state index in [-0.39, 0.29) is 0 Å². The monoisotopic (exact) mass is 311 g/mol. The van der Waals surface area contributed by atoms with Gasteiger partial charge in [0.15, 0.2) is 0 Å². The molecule has 2 rings (SSSR count). The summed E-state index contributed by atoms with van der Waals surface area (Å²) in [5, 5.41) is 0. The Balaban J connectivity index is 2.25. The lowest BCUT2D eigenvalue weighted by Gasteiger charge is -2.35. The van der Waals surface area contributed by atoms with Gasteiger partial charge in [0.25, 0.3) is 0 Å². The van der Waals surface area contributed by atoms with Crippen LogP contribution in [0.5, 0.6) is 0 Å². The summed E-state index contributed by atoms with van der Waals surface area (Å²) in [6, 6.07) is 7.03. The molecule has 6 heteroatoms. The molecule has 0 aromatic heterocycles. The summed E-state index contributed by atoms with van der Waals surface area (Å²) >= 11 is 0. The van der Waals surface area contributed by atoms with Crippen molar-refractivity contribution in [3.8, 4) is 0 Å². The van der Waals surface area contributed by atoms with Gasteiger partial charge in [-0.25, -0.2) is 0 Å². The van der Waals surface area contributed by atoms with Crippen LogP contribution in [0.4, 0.5) is 11.4 Å². The molecule has 0 saturated carbocycles. The highest BCUT2D eigenvalue weighted by Crippen LogP contribution is 2.25. The largest absolute Gasteiger partial charge is 0.399 e. The van der Waals surface area contributed by atoms with Gasteiger partial charge in [-0.05, 0) is 49.4 Å². The molecule has 1 saturated heterocycles. The molecule has 0 bridgehead atoms. The summed E-state index contributed by atoms with van der Waals surface area (Å²) in [7, 11) is -3.45. The van der Waals surface area contributed by atoms with E-state index in [1.165, 1.54) is 4.31 Å². The molecule has 118 valence electrons. The van der Waals surface area contributed by atoms with Gasteiger partial charge in [-0.2, -0.15) is 12.7 Å². The normalized spacial score (nSPS) is 17.8. The number of piperidine rings is 1. The second-order valence-corrected chi connectivity index (χ2v) is 7.61. The molecule has 1 heterocycles. The lowest BCUT2D eigenvalue weighted by atomic mass is 10.0. The number of rotatable bonds is 5. The number of nitrogen functional groups attached to an aromatic ring is 1. The molecule has 1 aliphatic heterocycles. The van der Waals surface area contributed by atoms with Crippen LogP contribution < -0.4 is 10.0 Å². The third-order valence-electron chi connectivity index (χ3n) is 3.96. The van der Waals surface area contributed by atoms with E-state index < -0.39 is 10.2 Å². The second kappa shape index (κ2) is 6.66. The van der Waals surface area contributed by atoms with Crippen molar-refractivity contribution < 1.29 is 8.42 Å². The SMILES string of the molecule is CCCN(c1ccc(N)cc1)S(=O)(=O)N1CCC(C)CC1. The van der Waals surface area contributed by atoms with Crippen LogP contribution in [0.3, 0.4) is 0 Å². The van der Waals surface area contributed by atoms with Gasteiger partial charge in [0.05, 0.1) is 5.69 Å². The third-order valence-corrected chi connectivity index (χ3v) is 5.92. The summed E-state index contributed by atoms with van der Waals surface area (Å²) in [6.07, 6.45) is 2.63. The molecule has 0 amide bonds. The van der Waals surface area contributed by atoms with E-state index in [4.69, 9.17) is 5.73 Å². The molecule has 1 aliphatic rings. The molecule has 2 N–H and O–H groups in total. The molecule has 1 aromatic carbocycles. The van der Waals surface area contributed by atoms with Crippen LogP contribution in [0, 0.1) is 5.92 Å². The Labute approximate surface area is 127 Å². The highest BCUT2D eigenvalue weighted by Gasteiger charge is 2.31. The molecule has 1 fully saturated rings. The Kier molecular flexibility index (Phi) is 5.11. The Hall–Kier alpha value is -1.27. The van der Waals surface area contributed by atoms with Crippen molar-refractivity contribution in [3.05, 3.63) is 24.3 Å². The van der Waals surface area contributed by atoms with Crippen LogP contribution in [0.2, 0.25) is 0 Å². The van der Waals surface area contributed by atoms with Gasteiger partial charge in [0, 0.05) is 25.3 Å².